The van der Waals surface area contributed by atoms with Gasteiger partial charge in [0.05, 0.1) is 25.2 Å². The van der Waals surface area contributed by atoms with E-state index in [1.807, 2.05) is 0 Å². The number of nitrogens with zero attached hydrogens (tertiary/aromatic N) is 2. The van der Waals surface area contributed by atoms with Crippen molar-refractivity contribution in [3.63, 3.8) is 0 Å². The Hall–Kier alpha value is -3.30. The van der Waals surface area contributed by atoms with Crippen LogP contribution in [0.4, 0.5) is 4.39 Å². The van der Waals surface area contributed by atoms with Gasteiger partial charge in [-0.1, -0.05) is 18.2 Å². The number of carbonyl (C=O) groups is 3. The van der Waals surface area contributed by atoms with Gasteiger partial charge >= 0.3 is 0 Å². The van der Waals surface area contributed by atoms with Crippen molar-refractivity contribution in [3.8, 4) is 5.75 Å². The summed E-state index contributed by atoms with van der Waals surface area (Å²) in [6, 6.07) is 1.16. The van der Waals surface area contributed by atoms with Crippen molar-refractivity contribution in [2.75, 3.05) is 26.3 Å². The Labute approximate surface area is 202 Å². The third kappa shape index (κ3) is 4.53. The van der Waals surface area contributed by atoms with Gasteiger partial charge < -0.3 is 14.4 Å². The molecule has 3 aliphatic heterocycles. The van der Waals surface area contributed by atoms with E-state index in [4.69, 9.17) is 15.0 Å². The van der Waals surface area contributed by atoms with Gasteiger partial charge in [-0.05, 0) is 30.1 Å². The predicted molar refractivity (Wildman–Crippen MR) is 119 cm³/mol. The van der Waals surface area contributed by atoms with Crippen molar-refractivity contribution < 1.29 is 33.7 Å². The van der Waals surface area contributed by atoms with Crippen LogP contribution in [0.3, 0.4) is 0 Å². The molecule has 0 spiro atoms. The fraction of sp³-hybridized carbons (Fsp3) is 0.400. The first-order chi connectivity index (χ1) is 18.1. The van der Waals surface area contributed by atoms with Crippen molar-refractivity contribution in [3.05, 3.63) is 64.4 Å². The maximum Gasteiger partial charge on any atom is 0.255 e. The minimum Gasteiger partial charge on any atom is -0.488 e. The number of amides is 3. The minimum absolute atomic E-state index is 0.0849. The van der Waals surface area contributed by atoms with Crippen molar-refractivity contribution in [1.82, 2.24) is 15.1 Å². The van der Waals surface area contributed by atoms with E-state index in [1.165, 1.54) is 6.07 Å². The first-order valence-electron chi connectivity index (χ1n) is 13.1. The summed E-state index contributed by atoms with van der Waals surface area (Å²) in [7, 11) is 0. The van der Waals surface area contributed by atoms with Gasteiger partial charge in [0.25, 0.3) is 5.91 Å². The first-order valence-corrected chi connectivity index (χ1v) is 11.1. The minimum atomic E-state index is -2.10. The topological polar surface area (TPSA) is 88.2 Å². The maximum absolute atomic E-state index is 14.9. The number of rotatable bonds is 6. The molecule has 1 atom stereocenters. The van der Waals surface area contributed by atoms with Gasteiger partial charge in [0.2, 0.25) is 11.8 Å². The van der Waals surface area contributed by atoms with Crippen LogP contribution in [0.2, 0.25) is 0 Å². The Morgan fingerprint density at radius 1 is 1.24 bits per heavy atom. The lowest BCUT2D eigenvalue weighted by molar-refractivity contribution is -0.136. The molecule has 2 fully saturated rings. The van der Waals surface area contributed by atoms with Gasteiger partial charge in [0.1, 0.15) is 24.2 Å². The maximum atomic E-state index is 14.9. The van der Waals surface area contributed by atoms with E-state index in [2.05, 4.69) is 10.2 Å². The Balaban J connectivity index is 1.39. The van der Waals surface area contributed by atoms with Crippen LogP contribution in [0, 0.1) is 5.82 Å². The molecular weight excluding hydrogens is 441 g/mol. The van der Waals surface area contributed by atoms with E-state index in [-0.39, 0.29) is 48.4 Å². The molecule has 3 heterocycles. The highest BCUT2D eigenvalue weighted by Crippen LogP contribution is 2.34. The van der Waals surface area contributed by atoms with Crippen LogP contribution in [0.15, 0.2) is 36.3 Å². The predicted octanol–water partition coefficient (Wildman–Crippen LogP) is 2.00. The third-order valence-electron chi connectivity index (χ3n) is 6.14. The number of hydrogen-bond acceptors (Lipinski definition) is 6. The van der Waals surface area contributed by atoms with E-state index in [0.29, 0.717) is 19.8 Å². The summed E-state index contributed by atoms with van der Waals surface area (Å²) in [4.78, 5) is 40.4. The van der Waals surface area contributed by atoms with Crippen molar-refractivity contribution in [2.24, 2.45) is 0 Å². The number of ether oxygens (including phenoxy) is 2. The van der Waals surface area contributed by atoms with Crippen LogP contribution in [0.25, 0.3) is 0 Å². The molecule has 5 rings (SSSR count). The van der Waals surface area contributed by atoms with Crippen LogP contribution < -0.4 is 10.1 Å². The number of fused-ring (bicyclic) bond motifs is 1. The molecule has 0 aromatic heterocycles. The molecule has 0 unspecified atom stereocenters. The van der Waals surface area contributed by atoms with Crippen LogP contribution >= 0.6 is 0 Å². The molecule has 9 heteroatoms. The zero-order chi connectivity index (χ0) is 27.2. The molecular formula is C25H26FN3O5. The van der Waals surface area contributed by atoms with E-state index in [0.717, 1.165) is 23.6 Å². The number of halogens is 1. The summed E-state index contributed by atoms with van der Waals surface area (Å²) < 4.78 is 59.4. The summed E-state index contributed by atoms with van der Waals surface area (Å²) in [6.45, 7) is 2.74. The zero-order valence-corrected chi connectivity index (χ0v) is 18.4. The molecule has 0 aliphatic carbocycles. The van der Waals surface area contributed by atoms with Gasteiger partial charge in [-0.2, -0.15) is 0 Å². The standard InChI is InChI=1S/C25H26FN3O5/c26-20-12-16(13-28-8-10-33-11-9-28)4-5-17(20)15-34-22-3-1-2-18-19(22)14-29(25(18)32)21-6-7-23(30)27-24(21)31/h1-5,12,21H,6-11,13-15H2,(H,27,30,31)/t21-/m1/s1/i1D,2D,3D,21D. The highest BCUT2D eigenvalue weighted by atomic mass is 19.1. The number of hydrogen-bond donors (Lipinski definition) is 1. The van der Waals surface area contributed by atoms with E-state index >= 15 is 0 Å². The van der Waals surface area contributed by atoms with Crippen molar-refractivity contribution in [2.45, 2.75) is 38.6 Å². The number of carbonyl (C=O) groups excluding carboxylic acids is 3. The van der Waals surface area contributed by atoms with Gasteiger partial charge in [-0.25, -0.2) is 4.39 Å². The Kier molecular flexibility index (Phi) is 5.06. The fourth-order valence-electron chi connectivity index (χ4n) is 4.29. The summed E-state index contributed by atoms with van der Waals surface area (Å²) in [5.41, 5.74) is 0.836. The normalized spacial score (nSPS) is 24.7. The summed E-state index contributed by atoms with van der Waals surface area (Å²) >= 11 is 0. The number of piperidine rings is 1. The number of imide groups is 1. The Bertz CT molecular complexity index is 1340. The molecule has 0 radical (unpaired) electrons. The highest BCUT2D eigenvalue weighted by Gasteiger charge is 2.40. The molecule has 3 aliphatic rings. The lowest BCUT2D eigenvalue weighted by Crippen LogP contribution is -2.52. The van der Waals surface area contributed by atoms with Crippen LogP contribution in [0.1, 0.15) is 45.4 Å². The second kappa shape index (κ2) is 9.52. The molecule has 3 amide bonds. The summed E-state index contributed by atoms with van der Waals surface area (Å²) in [5, 5.41) is 2.07. The van der Waals surface area contributed by atoms with Crippen LogP contribution in [-0.2, 0) is 34.0 Å². The average molecular weight is 472 g/mol. The molecule has 178 valence electrons. The molecule has 2 aromatic rings. The van der Waals surface area contributed by atoms with Gasteiger partial charge in [0, 0.05) is 42.7 Å². The molecule has 0 saturated carbocycles. The first kappa shape index (κ1) is 18.1. The molecule has 0 bridgehead atoms. The van der Waals surface area contributed by atoms with Crippen LogP contribution in [0.5, 0.6) is 5.75 Å². The Morgan fingerprint density at radius 3 is 2.82 bits per heavy atom. The van der Waals surface area contributed by atoms with Crippen molar-refractivity contribution in [1.29, 1.82) is 0 Å². The average Bonchev–Trinajstić information content (AvgIpc) is 3.24. The summed E-state index contributed by atoms with van der Waals surface area (Å²) in [6.07, 6.45) is -0.370. The van der Waals surface area contributed by atoms with Gasteiger partial charge in [0.15, 0.2) is 0 Å². The molecule has 2 saturated heterocycles. The number of morpholine rings is 1. The van der Waals surface area contributed by atoms with E-state index < -0.39 is 47.7 Å². The quantitative estimate of drug-likeness (QED) is 0.649. The molecule has 34 heavy (non-hydrogen) atoms. The number of benzene rings is 2. The fourth-order valence-corrected chi connectivity index (χ4v) is 4.29. The molecule has 1 N–H and O–H groups in total. The van der Waals surface area contributed by atoms with Crippen LogP contribution in [-0.4, -0.2) is 59.8 Å². The zero-order valence-electron chi connectivity index (χ0n) is 22.4. The Morgan fingerprint density at radius 2 is 2.06 bits per heavy atom. The largest absolute Gasteiger partial charge is 0.488 e. The van der Waals surface area contributed by atoms with Gasteiger partial charge in [-0.3, -0.25) is 24.6 Å². The third-order valence-corrected chi connectivity index (χ3v) is 6.14. The van der Waals surface area contributed by atoms with E-state index in [1.54, 1.807) is 12.1 Å². The molecule has 8 nitrogen and oxygen atoms in total. The lowest BCUT2D eigenvalue weighted by atomic mass is 10.0. The summed E-state index contributed by atoms with van der Waals surface area (Å²) in [5.74, 6) is -3.02. The number of nitrogens with one attached hydrogen (secondary N) is 1. The van der Waals surface area contributed by atoms with E-state index in [9.17, 15) is 18.8 Å². The second-order valence-electron chi connectivity index (χ2n) is 8.38. The smallest absolute Gasteiger partial charge is 0.255 e. The van der Waals surface area contributed by atoms with Gasteiger partial charge in [-0.15, -0.1) is 0 Å². The molecule has 2 aromatic carbocycles. The monoisotopic (exact) mass is 471 g/mol. The lowest BCUT2D eigenvalue weighted by Gasteiger charge is -2.29. The highest BCUT2D eigenvalue weighted by molar-refractivity contribution is 6.05. The second-order valence-corrected chi connectivity index (χ2v) is 8.38. The SMILES string of the molecule is [2H]c1c([2H])c(OCc2ccc(CN3CCOCC3)cc2F)c2c(c1[2H])C(=O)N([C@]1([2H])CCC(=O)NC1=O)C2. The van der Waals surface area contributed by atoms with Crippen molar-refractivity contribution >= 4 is 17.7 Å².